The molecule has 46 heavy (non-hydrogen) atoms. The first kappa shape index (κ1) is 31.8. The number of nitrogens with zero attached hydrogens (tertiary/aromatic N) is 4. The molecule has 3 aromatic carbocycles. The highest BCUT2D eigenvalue weighted by Crippen LogP contribution is 2.49. The second-order valence-corrected chi connectivity index (χ2v) is 12.9. The van der Waals surface area contributed by atoms with Gasteiger partial charge in [-0.2, -0.15) is 18.2 Å². The molecule has 0 aliphatic carbocycles. The molecule has 3 atom stereocenters. The van der Waals surface area contributed by atoms with Gasteiger partial charge in [-0.1, -0.05) is 30.8 Å². The van der Waals surface area contributed by atoms with Crippen molar-refractivity contribution < 1.29 is 26.7 Å². The number of rotatable bonds is 5. The van der Waals surface area contributed by atoms with E-state index in [2.05, 4.69) is 11.6 Å². The number of halogens is 5. The molecule has 0 radical (unpaired) electrons. The Morgan fingerprint density at radius 1 is 1.00 bits per heavy atom. The SMILES string of the molecule is C=CC(=O)N1[C@H](C)CN(c2nc(=O)n3c4c(c(-c5ccc(F)cc5)c(C(F)(F)F)cc24)SC[C@@H](Cc2ccc(F)cc2)C3)C[C@@H]1C. The lowest BCUT2D eigenvalue weighted by Crippen LogP contribution is -2.58. The molecule has 3 heterocycles. The molecule has 2 aliphatic heterocycles. The summed E-state index contributed by atoms with van der Waals surface area (Å²) in [5.74, 6) is -0.929. The Morgan fingerprint density at radius 2 is 1.61 bits per heavy atom. The molecule has 12 heteroatoms. The van der Waals surface area contributed by atoms with Gasteiger partial charge in [-0.05, 0) is 73.7 Å². The number of aromatic nitrogens is 2. The van der Waals surface area contributed by atoms with Gasteiger partial charge in [-0.25, -0.2) is 13.6 Å². The van der Waals surface area contributed by atoms with Gasteiger partial charge in [0.2, 0.25) is 5.91 Å². The molecule has 2 aliphatic rings. The Hall–Kier alpha value is -4.19. The Labute approximate surface area is 266 Å². The molecule has 0 N–H and O–H groups in total. The van der Waals surface area contributed by atoms with Crippen molar-refractivity contribution in [3.05, 3.63) is 100 Å². The monoisotopic (exact) mass is 654 g/mol. The maximum absolute atomic E-state index is 15.0. The van der Waals surface area contributed by atoms with Crippen LogP contribution in [0.4, 0.5) is 27.8 Å². The Kier molecular flexibility index (Phi) is 8.43. The summed E-state index contributed by atoms with van der Waals surface area (Å²) >= 11 is 1.22. The van der Waals surface area contributed by atoms with Crippen molar-refractivity contribution in [1.82, 2.24) is 14.5 Å². The summed E-state index contributed by atoms with van der Waals surface area (Å²) in [5, 5.41) is 0.172. The summed E-state index contributed by atoms with van der Waals surface area (Å²) in [6, 6.07) is 11.2. The maximum atomic E-state index is 15.0. The first-order valence-electron chi connectivity index (χ1n) is 14.9. The van der Waals surface area contributed by atoms with Crippen LogP contribution in [-0.2, 0) is 23.9 Å². The molecule has 6 rings (SSSR count). The number of amides is 1. The van der Waals surface area contributed by atoms with Crippen LogP contribution < -0.4 is 10.6 Å². The molecule has 240 valence electrons. The zero-order chi connectivity index (χ0) is 32.9. The van der Waals surface area contributed by atoms with Gasteiger partial charge >= 0.3 is 11.9 Å². The van der Waals surface area contributed by atoms with Crippen LogP contribution in [0.5, 0.6) is 0 Å². The van der Waals surface area contributed by atoms with Crippen LogP contribution in [0.1, 0.15) is 25.0 Å². The van der Waals surface area contributed by atoms with E-state index < -0.39 is 23.2 Å². The number of benzene rings is 3. The summed E-state index contributed by atoms with van der Waals surface area (Å²) in [5.41, 5.74) is -0.312. The van der Waals surface area contributed by atoms with Gasteiger partial charge in [-0.3, -0.25) is 9.36 Å². The number of piperazine rings is 1. The van der Waals surface area contributed by atoms with Crippen molar-refractivity contribution in [2.45, 2.75) is 50.0 Å². The van der Waals surface area contributed by atoms with E-state index in [-0.39, 0.29) is 76.6 Å². The lowest BCUT2D eigenvalue weighted by Gasteiger charge is -2.44. The fourth-order valence-corrected chi connectivity index (χ4v) is 8.05. The predicted molar refractivity (Wildman–Crippen MR) is 169 cm³/mol. The highest BCUT2D eigenvalue weighted by atomic mass is 32.2. The zero-order valence-electron chi connectivity index (χ0n) is 25.2. The topological polar surface area (TPSA) is 58.4 Å². The van der Waals surface area contributed by atoms with E-state index >= 15 is 0 Å². The third-order valence-electron chi connectivity index (χ3n) is 8.63. The minimum atomic E-state index is -4.79. The minimum absolute atomic E-state index is 0.121. The van der Waals surface area contributed by atoms with Gasteiger partial charge in [0, 0.05) is 53.3 Å². The Morgan fingerprint density at radius 3 is 2.20 bits per heavy atom. The number of anilines is 1. The van der Waals surface area contributed by atoms with Gasteiger partial charge in [-0.15, -0.1) is 11.8 Å². The number of hydrogen-bond acceptors (Lipinski definition) is 5. The molecule has 0 bridgehead atoms. The van der Waals surface area contributed by atoms with Crippen molar-refractivity contribution in [3.63, 3.8) is 0 Å². The van der Waals surface area contributed by atoms with Gasteiger partial charge in [0.05, 0.1) is 11.1 Å². The summed E-state index contributed by atoms with van der Waals surface area (Å²) < 4.78 is 73.9. The number of alkyl halides is 3. The third kappa shape index (κ3) is 5.90. The van der Waals surface area contributed by atoms with Crippen LogP contribution in [-0.4, -0.2) is 51.3 Å². The van der Waals surface area contributed by atoms with E-state index in [0.29, 0.717) is 17.7 Å². The molecular formula is C34H31F5N4O2S. The lowest BCUT2D eigenvalue weighted by molar-refractivity contribution is -0.137. The smallest absolute Gasteiger partial charge is 0.352 e. The highest BCUT2D eigenvalue weighted by Gasteiger charge is 2.39. The van der Waals surface area contributed by atoms with Gasteiger partial charge in [0.15, 0.2) is 0 Å². The fourth-order valence-electron chi connectivity index (χ4n) is 6.70. The van der Waals surface area contributed by atoms with Crippen LogP contribution in [0.25, 0.3) is 22.0 Å². The number of thioether (sulfide) groups is 1. The molecule has 1 saturated heterocycles. The van der Waals surface area contributed by atoms with Crippen molar-refractivity contribution in [3.8, 4) is 11.1 Å². The molecule has 0 saturated carbocycles. The molecule has 4 aromatic rings. The standard InChI is InChI=1S/C34H31F5N4O2S/c1-4-28(44)43-19(2)15-41(16-20(43)3)32-26-14-27(34(37,38)39)29(23-7-11-25(36)12-8-23)31-30(26)42(33(45)40-32)17-22(18-46-31)13-21-5-9-24(35)10-6-21/h4-12,14,19-20,22H,1,13,15-18H2,2-3H3/t19-,20+,22-/m0/s1. The van der Waals surface area contributed by atoms with E-state index in [0.717, 1.165) is 23.8 Å². The van der Waals surface area contributed by atoms with E-state index in [1.54, 1.807) is 21.9 Å². The first-order chi connectivity index (χ1) is 21.8. The van der Waals surface area contributed by atoms with Gasteiger partial charge in [0.25, 0.3) is 0 Å². The summed E-state index contributed by atoms with van der Waals surface area (Å²) in [6.07, 6.45) is -3.10. The maximum Gasteiger partial charge on any atom is 0.417 e. The molecule has 0 unspecified atom stereocenters. The second-order valence-electron chi connectivity index (χ2n) is 11.9. The number of carbonyl (C=O) groups excluding carboxylic acids is 1. The second kappa shape index (κ2) is 12.2. The van der Waals surface area contributed by atoms with Crippen LogP contribution in [0.15, 0.2) is 76.9 Å². The highest BCUT2D eigenvalue weighted by molar-refractivity contribution is 7.99. The molecule has 1 amide bonds. The van der Waals surface area contributed by atoms with Crippen LogP contribution >= 0.6 is 11.8 Å². The predicted octanol–water partition coefficient (Wildman–Crippen LogP) is 6.94. The molecule has 1 fully saturated rings. The minimum Gasteiger partial charge on any atom is -0.352 e. The fraction of sp³-hybridized carbons (Fsp3) is 0.324. The van der Waals surface area contributed by atoms with E-state index in [4.69, 9.17) is 0 Å². The normalized spacial score (nSPS) is 20.1. The number of hydrogen-bond donors (Lipinski definition) is 0. The Bertz CT molecular complexity index is 1860. The van der Waals surface area contributed by atoms with E-state index in [1.165, 1.54) is 46.7 Å². The van der Waals surface area contributed by atoms with Crippen molar-refractivity contribution >= 4 is 34.4 Å². The summed E-state index contributed by atoms with van der Waals surface area (Å²) in [7, 11) is 0. The summed E-state index contributed by atoms with van der Waals surface area (Å²) in [4.78, 5) is 34.5. The quantitative estimate of drug-likeness (QED) is 0.173. The average molecular weight is 655 g/mol. The van der Waals surface area contributed by atoms with E-state index in [9.17, 15) is 31.5 Å². The van der Waals surface area contributed by atoms with Crippen LogP contribution in [0, 0.1) is 17.6 Å². The third-order valence-corrected chi connectivity index (χ3v) is 9.95. The average Bonchev–Trinajstić information content (AvgIpc) is 3.20. The molecular weight excluding hydrogens is 623 g/mol. The summed E-state index contributed by atoms with van der Waals surface area (Å²) in [6.45, 7) is 7.91. The van der Waals surface area contributed by atoms with Gasteiger partial charge < -0.3 is 9.80 Å². The van der Waals surface area contributed by atoms with Crippen molar-refractivity contribution in [1.29, 1.82) is 0 Å². The first-order valence-corrected chi connectivity index (χ1v) is 15.9. The zero-order valence-corrected chi connectivity index (χ0v) is 26.0. The van der Waals surface area contributed by atoms with Crippen LogP contribution in [0.2, 0.25) is 0 Å². The Balaban J connectivity index is 1.57. The largest absolute Gasteiger partial charge is 0.417 e. The van der Waals surface area contributed by atoms with Gasteiger partial charge in [0.1, 0.15) is 17.5 Å². The van der Waals surface area contributed by atoms with Crippen LogP contribution in [0.3, 0.4) is 0 Å². The van der Waals surface area contributed by atoms with Crippen molar-refractivity contribution in [2.24, 2.45) is 5.92 Å². The molecule has 6 nitrogen and oxygen atoms in total. The lowest BCUT2D eigenvalue weighted by atomic mass is 9.95. The van der Waals surface area contributed by atoms with Crippen molar-refractivity contribution in [2.75, 3.05) is 23.7 Å². The molecule has 0 spiro atoms. The molecule has 1 aromatic heterocycles. The van der Waals surface area contributed by atoms with E-state index in [1.807, 2.05) is 13.8 Å². The number of carbonyl (C=O) groups is 1.